The van der Waals surface area contributed by atoms with E-state index in [4.69, 9.17) is 23.2 Å². The lowest BCUT2D eigenvalue weighted by atomic mass is 9.99. The number of aliphatic hydroxyl groups excluding tert-OH is 1. The Labute approximate surface area is 175 Å². The van der Waals surface area contributed by atoms with Crippen LogP contribution >= 0.6 is 23.2 Å². The number of benzene rings is 1. The molecule has 3 atom stereocenters. The first-order chi connectivity index (χ1) is 13.3. The molecule has 0 bridgehead atoms. The minimum atomic E-state index is -3.63. The van der Waals surface area contributed by atoms with E-state index < -0.39 is 10.0 Å². The van der Waals surface area contributed by atoms with E-state index in [1.54, 1.807) is 30.3 Å². The summed E-state index contributed by atoms with van der Waals surface area (Å²) in [6.07, 6.45) is 3.83. The second kappa shape index (κ2) is 9.07. The highest BCUT2D eigenvalue weighted by atomic mass is 35.5. The molecule has 28 heavy (non-hydrogen) atoms. The van der Waals surface area contributed by atoms with Crippen molar-refractivity contribution in [2.45, 2.75) is 36.2 Å². The number of aliphatic hydroxyl groups is 1. The fourth-order valence-corrected chi connectivity index (χ4v) is 5.44. The number of aromatic nitrogens is 1. The van der Waals surface area contributed by atoms with Gasteiger partial charge in [-0.1, -0.05) is 35.3 Å². The van der Waals surface area contributed by atoms with Gasteiger partial charge in [0, 0.05) is 23.8 Å². The van der Waals surface area contributed by atoms with Crippen LogP contribution in [0.1, 0.15) is 19.3 Å². The number of sulfonamides is 1. The van der Waals surface area contributed by atoms with Gasteiger partial charge in [0.05, 0.1) is 27.2 Å². The molecule has 0 saturated heterocycles. The zero-order valence-corrected chi connectivity index (χ0v) is 17.7. The van der Waals surface area contributed by atoms with Crippen LogP contribution in [-0.4, -0.2) is 44.2 Å². The lowest BCUT2D eigenvalue weighted by Crippen LogP contribution is -2.38. The molecule has 152 valence electrons. The zero-order chi connectivity index (χ0) is 20.3. The first-order valence-corrected chi connectivity index (χ1v) is 11.3. The van der Waals surface area contributed by atoms with Crippen LogP contribution in [-0.2, 0) is 10.0 Å². The summed E-state index contributed by atoms with van der Waals surface area (Å²) in [6, 6.07) is 7.89. The van der Waals surface area contributed by atoms with Crippen molar-refractivity contribution in [2.75, 3.05) is 13.7 Å². The first-order valence-electron chi connectivity index (χ1n) is 9.06. The van der Waals surface area contributed by atoms with Gasteiger partial charge in [0.1, 0.15) is 0 Å². The number of hydrogen-bond donors (Lipinski definition) is 3. The molecular formula is C19H23Cl2N3O3S. The third kappa shape index (κ3) is 4.84. The average molecular weight is 444 g/mol. The first kappa shape index (κ1) is 21.5. The second-order valence-corrected chi connectivity index (χ2v) is 9.54. The van der Waals surface area contributed by atoms with Gasteiger partial charge in [-0.15, -0.1) is 0 Å². The largest absolute Gasteiger partial charge is 0.395 e. The van der Waals surface area contributed by atoms with Gasteiger partial charge in [0.25, 0.3) is 0 Å². The van der Waals surface area contributed by atoms with Crippen LogP contribution in [0.3, 0.4) is 0 Å². The minimum Gasteiger partial charge on any atom is -0.395 e. The topological polar surface area (TPSA) is 91.3 Å². The van der Waals surface area contributed by atoms with Crippen LogP contribution < -0.4 is 10.0 Å². The highest BCUT2D eigenvalue weighted by molar-refractivity contribution is 7.89. The van der Waals surface area contributed by atoms with E-state index in [1.165, 1.54) is 6.20 Å². The lowest BCUT2D eigenvalue weighted by molar-refractivity contribution is 0.205. The maximum absolute atomic E-state index is 12.7. The molecule has 2 aromatic rings. The molecule has 0 radical (unpaired) electrons. The van der Waals surface area contributed by atoms with Crippen molar-refractivity contribution < 1.29 is 13.5 Å². The van der Waals surface area contributed by atoms with Gasteiger partial charge in [0.2, 0.25) is 10.0 Å². The summed E-state index contributed by atoms with van der Waals surface area (Å²) >= 11 is 12.0. The Morgan fingerprint density at radius 3 is 2.57 bits per heavy atom. The van der Waals surface area contributed by atoms with Gasteiger partial charge >= 0.3 is 0 Å². The number of hydrogen-bond acceptors (Lipinski definition) is 5. The molecule has 0 spiro atoms. The van der Waals surface area contributed by atoms with E-state index in [0.29, 0.717) is 27.7 Å². The predicted octanol–water partition coefficient (Wildman–Crippen LogP) is 3.08. The van der Waals surface area contributed by atoms with Crippen molar-refractivity contribution in [3.05, 3.63) is 46.6 Å². The van der Waals surface area contributed by atoms with Crippen LogP contribution in [0.2, 0.25) is 10.0 Å². The molecular weight excluding hydrogens is 421 g/mol. The van der Waals surface area contributed by atoms with Gasteiger partial charge < -0.3 is 10.4 Å². The lowest BCUT2D eigenvalue weighted by Gasteiger charge is -2.21. The SMILES string of the molecule is CNC(CO)C1CCC(NS(=O)(=O)c2ccc(-c3ncc(Cl)cc3Cl)cc2)C1. The summed E-state index contributed by atoms with van der Waals surface area (Å²) in [5.41, 5.74) is 1.25. The number of halogens is 2. The molecule has 1 heterocycles. The van der Waals surface area contributed by atoms with E-state index in [0.717, 1.165) is 12.8 Å². The molecule has 9 heteroatoms. The normalized spacial score (nSPS) is 21.0. The number of pyridine rings is 1. The van der Waals surface area contributed by atoms with Crippen LogP contribution in [0.15, 0.2) is 41.4 Å². The molecule has 1 saturated carbocycles. The standard InChI is InChI=1S/C19H23Cl2N3O3S/c1-22-18(11-25)13-2-5-15(8-13)24-28(26,27)16-6-3-12(4-7-16)19-17(21)9-14(20)10-23-19/h3-4,6-7,9-10,13,15,18,22,24-25H,2,5,8,11H2,1H3. The Bertz CT molecular complexity index is 919. The Kier molecular flexibility index (Phi) is 6.96. The van der Waals surface area contributed by atoms with E-state index in [2.05, 4.69) is 15.0 Å². The summed E-state index contributed by atoms with van der Waals surface area (Å²) in [6.45, 7) is 0.0450. The molecule has 0 amide bonds. The Hall–Kier alpha value is -1.22. The number of nitrogens with one attached hydrogen (secondary N) is 2. The molecule has 0 aliphatic heterocycles. The van der Waals surface area contributed by atoms with Gasteiger partial charge in [-0.25, -0.2) is 13.1 Å². The van der Waals surface area contributed by atoms with Gasteiger partial charge in [-0.3, -0.25) is 4.98 Å². The van der Waals surface area contributed by atoms with E-state index in [9.17, 15) is 13.5 Å². The molecule has 1 aromatic heterocycles. The van der Waals surface area contributed by atoms with Crippen LogP contribution in [0.25, 0.3) is 11.3 Å². The highest BCUT2D eigenvalue weighted by Gasteiger charge is 2.32. The fraction of sp³-hybridized carbons (Fsp3) is 0.421. The third-order valence-corrected chi connectivity index (χ3v) is 7.21. The summed E-state index contributed by atoms with van der Waals surface area (Å²) in [5.74, 6) is 0.253. The monoisotopic (exact) mass is 443 g/mol. The van der Waals surface area contributed by atoms with Crippen molar-refractivity contribution in [3.8, 4) is 11.3 Å². The highest BCUT2D eigenvalue weighted by Crippen LogP contribution is 2.31. The van der Waals surface area contributed by atoms with Crippen molar-refractivity contribution >= 4 is 33.2 Å². The van der Waals surface area contributed by atoms with E-state index in [1.807, 2.05) is 7.05 Å². The molecule has 1 fully saturated rings. The average Bonchev–Trinajstić information content (AvgIpc) is 3.10. The second-order valence-electron chi connectivity index (χ2n) is 6.98. The maximum atomic E-state index is 12.7. The van der Waals surface area contributed by atoms with Crippen molar-refractivity contribution in [3.63, 3.8) is 0 Å². The van der Waals surface area contributed by atoms with Crippen molar-refractivity contribution in [2.24, 2.45) is 5.92 Å². The molecule has 3 rings (SSSR count). The van der Waals surface area contributed by atoms with E-state index >= 15 is 0 Å². The smallest absolute Gasteiger partial charge is 0.240 e. The van der Waals surface area contributed by atoms with Gasteiger partial charge in [0.15, 0.2) is 0 Å². The van der Waals surface area contributed by atoms with Crippen molar-refractivity contribution in [1.82, 2.24) is 15.0 Å². The fourth-order valence-electron chi connectivity index (χ4n) is 3.67. The number of likely N-dealkylation sites (N-methyl/N-ethyl adjacent to an activating group) is 1. The number of nitrogens with zero attached hydrogens (tertiary/aromatic N) is 1. The van der Waals surface area contributed by atoms with Crippen LogP contribution in [0.5, 0.6) is 0 Å². The summed E-state index contributed by atoms with van der Waals surface area (Å²) in [7, 11) is -1.82. The quantitative estimate of drug-likeness (QED) is 0.611. The Morgan fingerprint density at radius 1 is 1.25 bits per heavy atom. The molecule has 1 aliphatic carbocycles. The Balaban J connectivity index is 1.71. The maximum Gasteiger partial charge on any atom is 0.240 e. The summed E-state index contributed by atoms with van der Waals surface area (Å²) < 4.78 is 28.2. The molecule has 1 aliphatic rings. The van der Waals surface area contributed by atoms with Crippen LogP contribution in [0, 0.1) is 5.92 Å². The Morgan fingerprint density at radius 2 is 1.96 bits per heavy atom. The summed E-state index contributed by atoms with van der Waals surface area (Å²) in [4.78, 5) is 4.40. The molecule has 3 N–H and O–H groups in total. The minimum absolute atomic E-state index is 0.00888. The van der Waals surface area contributed by atoms with Gasteiger partial charge in [-0.05, 0) is 50.4 Å². The molecule has 1 aromatic carbocycles. The predicted molar refractivity (Wildman–Crippen MR) is 111 cm³/mol. The van der Waals surface area contributed by atoms with E-state index in [-0.39, 0.29) is 29.5 Å². The number of rotatable bonds is 7. The third-order valence-electron chi connectivity index (χ3n) is 5.18. The van der Waals surface area contributed by atoms with Crippen LogP contribution in [0.4, 0.5) is 0 Å². The van der Waals surface area contributed by atoms with Crippen molar-refractivity contribution in [1.29, 1.82) is 0 Å². The van der Waals surface area contributed by atoms with Gasteiger partial charge in [-0.2, -0.15) is 0 Å². The molecule has 3 unspecified atom stereocenters. The molecule has 6 nitrogen and oxygen atoms in total. The summed E-state index contributed by atoms with van der Waals surface area (Å²) in [5, 5.41) is 13.3. The zero-order valence-electron chi connectivity index (χ0n) is 15.4.